The molecule has 4 spiro atoms. The molecular formula is C44H50O16. The lowest BCUT2D eigenvalue weighted by atomic mass is 9.78. The zero-order chi connectivity index (χ0) is 43.0. The van der Waals surface area contributed by atoms with Gasteiger partial charge in [0.15, 0.2) is 6.29 Å². The third-order valence-electron chi connectivity index (χ3n) is 12.3. The zero-order valence-electron chi connectivity index (χ0n) is 33.9. The normalized spacial score (nSPS) is 38.3. The average Bonchev–Trinajstić information content (AvgIpc) is 3.16. The lowest BCUT2D eigenvalue weighted by Crippen LogP contribution is -2.55. The fraction of sp³-hybridized carbons (Fsp3) is 0.523. The van der Waals surface area contributed by atoms with Crippen molar-refractivity contribution in [2.75, 3.05) is 0 Å². The highest BCUT2D eigenvalue weighted by Crippen LogP contribution is 2.48. The van der Waals surface area contributed by atoms with Crippen molar-refractivity contribution in [3.8, 4) is 0 Å². The van der Waals surface area contributed by atoms with Crippen molar-refractivity contribution in [3.05, 3.63) is 94.9 Å². The minimum atomic E-state index is -1.67. The van der Waals surface area contributed by atoms with Gasteiger partial charge in [0.1, 0.15) is 16.7 Å². The topological polar surface area (TPSA) is 220 Å². The summed E-state index contributed by atoms with van der Waals surface area (Å²) in [7, 11) is 0. The maximum atomic E-state index is 13.0. The van der Waals surface area contributed by atoms with Gasteiger partial charge in [-0.05, 0) is 61.8 Å². The Morgan fingerprint density at radius 2 is 0.983 bits per heavy atom. The lowest BCUT2D eigenvalue weighted by Gasteiger charge is -2.47. The number of carbonyl (C=O) groups is 5. The van der Waals surface area contributed by atoms with Crippen LogP contribution in [0.25, 0.3) is 0 Å². The summed E-state index contributed by atoms with van der Waals surface area (Å²) >= 11 is 0. The molecular weight excluding hydrogens is 784 g/mol. The standard InChI is InChI=1S/C44H50O16/c1-25-15-17-27(3)43(23-25)57-37(49)31(38(50)58-43)13-9-5-7-11-29-33(45)53-41(54-34(29)46)19-21-42(22-20-41)55-35(47)30(36(48)56-42)12-8-6-10-14-32-39(51)59-44(60-40(32)52)24-26(2)16-18-28(44)4/h5-14,25-28,33,45,47,49H,15-24H2,1-4H3/b7-5+,10-6+,12-8+,13-9+,29-11+,32-14?. The van der Waals surface area contributed by atoms with Gasteiger partial charge in [-0.2, -0.15) is 0 Å². The van der Waals surface area contributed by atoms with Crippen LogP contribution in [0, 0.1) is 23.7 Å². The van der Waals surface area contributed by atoms with Crippen LogP contribution in [-0.4, -0.2) is 74.6 Å². The number of carbonyl (C=O) groups excluding carboxylic acids is 5. The highest BCUT2D eigenvalue weighted by Gasteiger charge is 2.56. The third kappa shape index (κ3) is 8.39. The summed E-state index contributed by atoms with van der Waals surface area (Å²) in [6.07, 6.45) is 16.0. The SMILES string of the molecule is CC1CCC(C)C2(C1)OC(=O)C(=C/C=C/C=C/C1=C(O)OC3(CCC4(CC3)OC(=O)/C(=C/C=C/C=C/C3=C(O)OC5(CC(C)CCC5C)OC3=O)C(O)O4)OC1=O)C(=O)O2. The van der Waals surface area contributed by atoms with Gasteiger partial charge in [0.25, 0.3) is 29.3 Å². The van der Waals surface area contributed by atoms with E-state index in [9.17, 15) is 39.3 Å². The molecule has 0 aromatic carbocycles. The molecule has 5 fully saturated rings. The Bertz CT molecular complexity index is 2030. The molecule has 16 nitrogen and oxygen atoms in total. The summed E-state index contributed by atoms with van der Waals surface area (Å²) in [5, 5.41) is 32.0. The van der Waals surface area contributed by atoms with Crippen LogP contribution in [0.3, 0.4) is 0 Å². The summed E-state index contributed by atoms with van der Waals surface area (Å²) in [5.74, 6) is -10.6. The molecule has 16 heteroatoms. The van der Waals surface area contributed by atoms with Gasteiger partial charge in [-0.3, -0.25) is 0 Å². The average molecular weight is 835 g/mol. The Balaban J connectivity index is 0.907. The van der Waals surface area contributed by atoms with E-state index in [1.165, 1.54) is 60.8 Å². The van der Waals surface area contributed by atoms with E-state index >= 15 is 0 Å². The quantitative estimate of drug-likeness (QED) is 0.0917. The highest BCUT2D eigenvalue weighted by molar-refractivity contribution is 6.15. The second-order valence-corrected chi connectivity index (χ2v) is 16.8. The van der Waals surface area contributed by atoms with E-state index in [0.717, 1.165) is 25.7 Å². The molecule has 2 saturated heterocycles. The minimum absolute atomic E-state index is 0.0511. The number of aliphatic hydroxyl groups is 3. The van der Waals surface area contributed by atoms with Crippen LogP contribution in [0.5, 0.6) is 0 Å². The summed E-state index contributed by atoms with van der Waals surface area (Å²) < 4.78 is 45.3. The first kappa shape index (κ1) is 42.5. The van der Waals surface area contributed by atoms with E-state index in [1.807, 2.05) is 27.7 Å². The number of rotatable bonds is 6. The van der Waals surface area contributed by atoms with Gasteiger partial charge in [-0.25, -0.2) is 24.0 Å². The second kappa shape index (κ2) is 16.4. The van der Waals surface area contributed by atoms with Crippen molar-refractivity contribution in [2.45, 2.75) is 121 Å². The van der Waals surface area contributed by atoms with Crippen LogP contribution in [0.15, 0.2) is 94.9 Å². The first-order valence-electron chi connectivity index (χ1n) is 20.3. The summed E-state index contributed by atoms with van der Waals surface area (Å²) in [4.78, 5) is 64.3. The van der Waals surface area contributed by atoms with Crippen LogP contribution >= 0.6 is 0 Å². The van der Waals surface area contributed by atoms with Crippen molar-refractivity contribution in [1.82, 2.24) is 0 Å². The summed E-state index contributed by atoms with van der Waals surface area (Å²) in [6, 6.07) is 0. The molecule has 4 aliphatic heterocycles. The smallest absolute Gasteiger partial charge is 0.348 e. The maximum Gasteiger partial charge on any atom is 0.348 e. The van der Waals surface area contributed by atoms with Gasteiger partial charge in [0, 0.05) is 50.4 Å². The van der Waals surface area contributed by atoms with E-state index in [4.69, 9.17) is 37.9 Å². The molecule has 0 aromatic rings. The van der Waals surface area contributed by atoms with Gasteiger partial charge < -0.3 is 53.2 Å². The van der Waals surface area contributed by atoms with Gasteiger partial charge in [-0.1, -0.05) is 64.2 Å². The Labute approximate surface area is 346 Å². The van der Waals surface area contributed by atoms with E-state index < -0.39 is 71.2 Å². The third-order valence-corrected chi connectivity index (χ3v) is 12.3. The van der Waals surface area contributed by atoms with Gasteiger partial charge in [0.2, 0.25) is 5.79 Å². The monoisotopic (exact) mass is 834 g/mol. The molecule has 4 heterocycles. The molecule has 3 aliphatic carbocycles. The van der Waals surface area contributed by atoms with E-state index in [2.05, 4.69) is 0 Å². The largest absolute Gasteiger partial charge is 0.480 e. The minimum Gasteiger partial charge on any atom is -0.480 e. The number of hydrogen-bond donors (Lipinski definition) is 3. The van der Waals surface area contributed by atoms with Gasteiger partial charge in [-0.15, -0.1) is 0 Å². The fourth-order valence-corrected chi connectivity index (χ4v) is 8.65. The molecule has 6 unspecified atom stereocenters. The molecule has 0 bridgehead atoms. The van der Waals surface area contributed by atoms with E-state index in [-0.39, 0.29) is 71.6 Å². The fourth-order valence-electron chi connectivity index (χ4n) is 8.65. The van der Waals surface area contributed by atoms with Gasteiger partial charge >= 0.3 is 29.8 Å². The van der Waals surface area contributed by atoms with Crippen LogP contribution < -0.4 is 0 Å². The predicted octanol–water partition coefficient (Wildman–Crippen LogP) is 6.01. The first-order chi connectivity index (χ1) is 28.5. The summed E-state index contributed by atoms with van der Waals surface area (Å²) in [5.41, 5.74) is -0.929. The molecule has 322 valence electrons. The van der Waals surface area contributed by atoms with Gasteiger partial charge in [0.05, 0.1) is 5.57 Å². The molecule has 3 saturated carbocycles. The predicted molar refractivity (Wildman–Crippen MR) is 206 cm³/mol. The zero-order valence-corrected chi connectivity index (χ0v) is 33.9. The molecule has 0 aromatic heterocycles. The van der Waals surface area contributed by atoms with Crippen molar-refractivity contribution in [3.63, 3.8) is 0 Å². The Kier molecular flexibility index (Phi) is 11.7. The van der Waals surface area contributed by atoms with Crippen molar-refractivity contribution in [2.24, 2.45) is 23.7 Å². The second-order valence-electron chi connectivity index (χ2n) is 16.8. The number of hydrogen-bond acceptors (Lipinski definition) is 16. The van der Waals surface area contributed by atoms with Crippen molar-refractivity contribution >= 4 is 29.8 Å². The molecule has 6 atom stereocenters. The van der Waals surface area contributed by atoms with Crippen LogP contribution in [0.2, 0.25) is 0 Å². The Morgan fingerprint density at radius 3 is 1.52 bits per heavy atom. The molecule has 0 amide bonds. The number of allylic oxidation sites excluding steroid dienone is 8. The van der Waals surface area contributed by atoms with Crippen LogP contribution in [-0.2, 0) is 61.9 Å². The first-order valence-corrected chi connectivity index (χ1v) is 20.3. The van der Waals surface area contributed by atoms with Crippen molar-refractivity contribution in [1.29, 1.82) is 0 Å². The molecule has 0 radical (unpaired) electrons. The Hall–Kier alpha value is -5.61. The Morgan fingerprint density at radius 1 is 0.517 bits per heavy atom. The molecule has 7 rings (SSSR count). The lowest BCUT2D eigenvalue weighted by molar-refractivity contribution is -0.335. The number of ether oxygens (including phenoxy) is 8. The highest BCUT2D eigenvalue weighted by atomic mass is 16.8. The van der Waals surface area contributed by atoms with Crippen LogP contribution in [0.1, 0.15) is 91.9 Å². The van der Waals surface area contributed by atoms with E-state index in [1.54, 1.807) is 0 Å². The molecule has 7 aliphatic rings. The number of esters is 5. The van der Waals surface area contributed by atoms with Crippen LogP contribution in [0.4, 0.5) is 0 Å². The number of aliphatic hydroxyl groups excluding tert-OH is 3. The molecule has 60 heavy (non-hydrogen) atoms. The molecule has 3 N–H and O–H groups in total. The summed E-state index contributed by atoms with van der Waals surface area (Å²) in [6.45, 7) is 7.86. The van der Waals surface area contributed by atoms with Crippen molar-refractivity contribution < 1.29 is 77.2 Å². The maximum absolute atomic E-state index is 13.0. The van der Waals surface area contributed by atoms with E-state index in [0.29, 0.717) is 12.8 Å².